The van der Waals surface area contributed by atoms with Gasteiger partial charge in [0.2, 0.25) is 0 Å². The van der Waals surface area contributed by atoms with E-state index in [0.29, 0.717) is 0 Å². The van der Waals surface area contributed by atoms with Gasteiger partial charge in [-0.25, -0.2) is 0 Å². The monoisotopic (exact) mass is 527 g/mol. The number of aromatic nitrogens is 1. The van der Waals surface area contributed by atoms with E-state index >= 15 is 0 Å². The number of benzene rings is 6. The van der Waals surface area contributed by atoms with Crippen LogP contribution in [0.15, 0.2) is 152 Å². The summed E-state index contributed by atoms with van der Waals surface area (Å²) in [6.07, 6.45) is 0. The SMILES string of the molecule is c1ccc(-c2cc3c4ccccc4n(-c4ccccc4)c3cc2-c2sc(-c3ccccc3)c3ccccc23)cc1. The van der Waals surface area contributed by atoms with Gasteiger partial charge in [-0.15, -0.1) is 11.3 Å². The molecule has 0 atom stereocenters. The van der Waals surface area contributed by atoms with E-state index in [9.17, 15) is 0 Å². The molecule has 0 bridgehead atoms. The Balaban J connectivity index is 1.52. The Kier molecular flexibility index (Phi) is 5.39. The molecule has 0 aliphatic rings. The first-order chi connectivity index (χ1) is 19.9. The van der Waals surface area contributed by atoms with Crippen LogP contribution in [0.4, 0.5) is 0 Å². The van der Waals surface area contributed by atoms with Gasteiger partial charge >= 0.3 is 0 Å². The highest BCUT2D eigenvalue weighted by Crippen LogP contribution is 2.48. The highest BCUT2D eigenvalue weighted by Gasteiger charge is 2.21. The second-order valence-electron chi connectivity index (χ2n) is 10.1. The summed E-state index contributed by atoms with van der Waals surface area (Å²) in [5, 5.41) is 5.14. The van der Waals surface area contributed by atoms with Gasteiger partial charge in [-0.1, -0.05) is 121 Å². The minimum absolute atomic E-state index is 1.17. The summed E-state index contributed by atoms with van der Waals surface area (Å²) in [6, 6.07) is 54.8. The lowest BCUT2D eigenvalue weighted by molar-refractivity contribution is 1.18. The van der Waals surface area contributed by atoms with E-state index < -0.39 is 0 Å². The molecule has 8 aromatic rings. The maximum Gasteiger partial charge on any atom is 0.0547 e. The van der Waals surface area contributed by atoms with Crippen LogP contribution < -0.4 is 0 Å². The third kappa shape index (κ3) is 3.61. The van der Waals surface area contributed by atoms with Crippen LogP contribution in [-0.4, -0.2) is 4.57 Å². The Bertz CT molecular complexity index is 2140. The van der Waals surface area contributed by atoms with E-state index in [1.165, 1.54) is 70.3 Å². The molecule has 0 aliphatic heterocycles. The number of para-hydroxylation sites is 2. The standard InChI is InChI=1S/C38H25NS/c1-4-14-26(15-5-1)32-24-33-29-20-12-13-23-35(29)39(28-18-8-3-9-19-28)36(33)25-34(32)38-31-22-11-10-21-30(31)37(40-38)27-16-6-2-7-17-27/h1-25H. The van der Waals surface area contributed by atoms with E-state index in [1.807, 2.05) is 11.3 Å². The van der Waals surface area contributed by atoms with Crippen LogP contribution in [0.3, 0.4) is 0 Å². The third-order valence-electron chi connectivity index (χ3n) is 7.81. The average Bonchev–Trinajstić information content (AvgIpc) is 3.58. The molecule has 0 fully saturated rings. The Hall–Kier alpha value is -4.92. The fourth-order valence-electron chi connectivity index (χ4n) is 6.01. The number of thiophene rings is 1. The van der Waals surface area contributed by atoms with Crippen molar-refractivity contribution in [1.29, 1.82) is 0 Å². The van der Waals surface area contributed by atoms with Crippen molar-refractivity contribution in [2.75, 3.05) is 0 Å². The van der Waals surface area contributed by atoms with Crippen LogP contribution in [0.5, 0.6) is 0 Å². The molecule has 0 aliphatic carbocycles. The van der Waals surface area contributed by atoms with Crippen LogP contribution in [0, 0.1) is 0 Å². The molecule has 188 valence electrons. The van der Waals surface area contributed by atoms with Crippen molar-refractivity contribution in [3.63, 3.8) is 0 Å². The van der Waals surface area contributed by atoms with E-state index in [4.69, 9.17) is 0 Å². The average molecular weight is 528 g/mol. The zero-order chi connectivity index (χ0) is 26.5. The second-order valence-corrected chi connectivity index (χ2v) is 11.2. The van der Waals surface area contributed by atoms with Crippen molar-refractivity contribution in [3.05, 3.63) is 152 Å². The van der Waals surface area contributed by atoms with Crippen molar-refractivity contribution < 1.29 is 0 Å². The van der Waals surface area contributed by atoms with Gasteiger partial charge in [-0.3, -0.25) is 0 Å². The predicted molar refractivity (Wildman–Crippen MR) is 172 cm³/mol. The zero-order valence-electron chi connectivity index (χ0n) is 21.8. The Labute approximate surface area is 237 Å². The minimum Gasteiger partial charge on any atom is -0.309 e. The van der Waals surface area contributed by atoms with Gasteiger partial charge in [0.1, 0.15) is 0 Å². The predicted octanol–water partition coefficient (Wildman–Crippen LogP) is 11.0. The molecule has 0 amide bonds. The molecule has 0 saturated heterocycles. The van der Waals surface area contributed by atoms with Crippen LogP contribution in [0.25, 0.3) is 70.3 Å². The molecular formula is C38H25NS. The first-order valence-corrected chi connectivity index (χ1v) is 14.4. The van der Waals surface area contributed by atoms with Crippen molar-refractivity contribution in [1.82, 2.24) is 4.57 Å². The molecule has 1 nitrogen and oxygen atoms in total. The van der Waals surface area contributed by atoms with Gasteiger partial charge in [-0.2, -0.15) is 0 Å². The fraction of sp³-hybridized carbons (Fsp3) is 0. The minimum atomic E-state index is 1.17. The topological polar surface area (TPSA) is 4.93 Å². The smallest absolute Gasteiger partial charge is 0.0547 e. The lowest BCUT2D eigenvalue weighted by atomic mass is 9.94. The summed E-state index contributed by atoms with van der Waals surface area (Å²) in [5.74, 6) is 0. The highest BCUT2D eigenvalue weighted by atomic mass is 32.1. The maximum atomic E-state index is 2.43. The number of rotatable bonds is 4. The molecule has 0 saturated carbocycles. The normalized spacial score (nSPS) is 11.5. The van der Waals surface area contributed by atoms with E-state index in [0.717, 1.165) is 0 Å². The largest absolute Gasteiger partial charge is 0.309 e. The summed E-state index contributed by atoms with van der Waals surface area (Å²) in [4.78, 5) is 2.62. The quantitative estimate of drug-likeness (QED) is 0.214. The van der Waals surface area contributed by atoms with E-state index in [-0.39, 0.29) is 0 Å². The van der Waals surface area contributed by atoms with Crippen molar-refractivity contribution in [3.8, 4) is 37.7 Å². The van der Waals surface area contributed by atoms with Crippen molar-refractivity contribution in [2.24, 2.45) is 0 Å². The molecule has 2 heterocycles. The molecule has 0 radical (unpaired) electrons. The number of nitrogens with zero attached hydrogens (tertiary/aromatic N) is 1. The lowest BCUT2D eigenvalue weighted by Crippen LogP contribution is -1.94. The summed E-state index contributed by atoms with van der Waals surface area (Å²) in [5.41, 5.74) is 8.64. The van der Waals surface area contributed by atoms with Gasteiger partial charge in [0.25, 0.3) is 0 Å². The summed E-state index contributed by atoms with van der Waals surface area (Å²) in [6.45, 7) is 0. The van der Waals surface area contributed by atoms with Gasteiger partial charge in [0.15, 0.2) is 0 Å². The summed E-state index contributed by atoms with van der Waals surface area (Å²) >= 11 is 1.90. The number of hydrogen-bond acceptors (Lipinski definition) is 1. The molecule has 2 aromatic heterocycles. The molecule has 2 heteroatoms. The fourth-order valence-corrected chi connectivity index (χ4v) is 7.32. The first kappa shape index (κ1) is 23.0. The Morgan fingerprint density at radius 3 is 1.62 bits per heavy atom. The molecule has 40 heavy (non-hydrogen) atoms. The summed E-state index contributed by atoms with van der Waals surface area (Å²) < 4.78 is 2.41. The first-order valence-electron chi connectivity index (χ1n) is 13.6. The van der Waals surface area contributed by atoms with Gasteiger partial charge in [-0.05, 0) is 47.0 Å². The third-order valence-corrected chi connectivity index (χ3v) is 9.12. The van der Waals surface area contributed by atoms with Gasteiger partial charge in [0.05, 0.1) is 11.0 Å². The molecule has 0 unspecified atom stereocenters. The molecule has 0 spiro atoms. The summed E-state index contributed by atoms with van der Waals surface area (Å²) in [7, 11) is 0. The Morgan fingerprint density at radius 2 is 0.925 bits per heavy atom. The van der Waals surface area contributed by atoms with E-state index in [1.54, 1.807) is 0 Å². The van der Waals surface area contributed by atoms with Crippen LogP contribution in [0.2, 0.25) is 0 Å². The number of hydrogen-bond donors (Lipinski definition) is 0. The van der Waals surface area contributed by atoms with E-state index in [2.05, 4.69) is 156 Å². The molecule has 8 rings (SSSR count). The number of fused-ring (bicyclic) bond motifs is 4. The van der Waals surface area contributed by atoms with Crippen LogP contribution >= 0.6 is 11.3 Å². The van der Waals surface area contributed by atoms with Crippen molar-refractivity contribution in [2.45, 2.75) is 0 Å². The van der Waals surface area contributed by atoms with Gasteiger partial charge in [0, 0.05) is 42.6 Å². The van der Waals surface area contributed by atoms with Crippen molar-refractivity contribution >= 4 is 43.9 Å². The van der Waals surface area contributed by atoms with Gasteiger partial charge < -0.3 is 4.57 Å². The maximum absolute atomic E-state index is 2.43. The molecule has 0 N–H and O–H groups in total. The zero-order valence-corrected chi connectivity index (χ0v) is 22.6. The molecular weight excluding hydrogens is 502 g/mol. The molecule has 6 aromatic carbocycles. The highest BCUT2D eigenvalue weighted by molar-refractivity contribution is 7.21. The van der Waals surface area contributed by atoms with Crippen LogP contribution in [-0.2, 0) is 0 Å². The Morgan fingerprint density at radius 1 is 0.375 bits per heavy atom. The van der Waals surface area contributed by atoms with Crippen LogP contribution in [0.1, 0.15) is 0 Å². The lowest BCUT2D eigenvalue weighted by Gasteiger charge is -2.13. The second kappa shape index (κ2) is 9.37.